The van der Waals surface area contributed by atoms with Crippen molar-refractivity contribution in [1.82, 2.24) is 15.8 Å². The number of carbonyl (C=O) groups excluding carboxylic acids is 3. The third kappa shape index (κ3) is 4.57. The number of benzene rings is 2. The monoisotopic (exact) mass is 391 g/mol. The molecule has 0 aliphatic heterocycles. The van der Waals surface area contributed by atoms with Gasteiger partial charge in [-0.05, 0) is 37.1 Å². The van der Waals surface area contributed by atoms with Gasteiger partial charge >= 0.3 is 5.97 Å². The minimum Gasteiger partial charge on any atom is -0.452 e. The summed E-state index contributed by atoms with van der Waals surface area (Å²) >= 11 is 0. The normalized spacial score (nSPS) is 10.4. The van der Waals surface area contributed by atoms with Crippen LogP contribution in [0.5, 0.6) is 0 Å². The molecule has 2 aromatic carbocycles. The minimum atomic E-state index is -0.644. The van der Waals surface area contributed by atoms with Gasteiger partial charge < -0.3 is 4.74 Å². The lowest BCUT2D eigenvalue weighted by atomic mass is 10.0. The smallest absolute Gasteiger partial charge is 0.339 e. The van der Waals surface area contributed by atoms with E-state index >= 15 is 0 Å². The molecule has 0 unspecified atom stereocenters. The molecule has 0 aliphatic rings. The van der Waals surface area contributed by atoms with E-state index in [0.717, 1.165) is 11.3 Å². The van der Waals surface area contributed by atoms with Crippen molar-refractivity contribution in [2.75, 3.05) is 6.61 Å². The van der Waals surface area contributed by atoms with Crippen LogP contribution in [0.15, 0.2) is 54.6 Å². The molecular formula is C22H21N3O4. The molecule has 7 nitrogen and oxygen atoms in total. The van der Waals surface area contributed by atoms with Crippen molar-refractivity contribution < 1.29 is 19.1 Å². The molecule has 0 bridgehead atoms. The van der Waals surface area contributed by atoms with Gasteiger partial charge in [-0.3, -0.25) is 25.4 Å². The zero-order valence-corrected chi connectivity index (χ0v) is 16.2. The zero-order chi connectivity index (χ0) is 20.8. The fourth-order valence-corrected chi connectivity index (χ4v) is 2.99. The van der Waals surface area contributed by atoms with Crippen LogP contribution in [0, 0.1) is 6.92 Å². The summed E-state index contributed by atoms with van der Waals surface area (Å²) in [5.74, 6) is -1.72. The van der Waals surface area contributed by atoms with E-state index in [-0.39, 0.29) is 0 Å². The first-order valence-electron chi connectivity index (χ1n) is 9.20. The Bertz CT molecular complexity index is 1060. The number of fused-ring (bicyclic) bond motifs is 1. The first kappa shape index (κ1) is 20.0. The van der Waals surface area contributed by atoms with E-state index in [4.69, 9.17) is 4.74 Å². The second kappa shape index (κ2) is 8.97. The second-order valence-corrected chi connectivity index (χ2v) is 6.37. The van der Waals surface area contributed by atoms with Crippen molar-refractivity contribution in [3.8, 4) is 0 Å². The summed E-state index contributed by atoms with van der Waals surface area (Å²) in [5, 5.41) is 0.671. The van der Waals surface area contributed by atoms with Crippen LogP contribution in [0.4, 0.5) is 0 Å². The predicted octanol–water partition coefficient (Wildman–Crippen LogP) is 2.72. The average molecular weight is 391 g/mol. The summed E-state index contributed by atoms with van der Waals surface area (Å²) in [6.45, 7) is 3.25. The molecule has 0 radical (unpaired) electrons. The molecule has 3 rings (SSSR count). The van der Waals surface area contributed by atoms with Crippen LogP contribution in [-0.4, -0.2) is 29.4 Å². The molecule has 7 heteroatoms. The van der Waals surface area contributed by atoms with Gasteiger partial charge in [-0.15, -0.1) is 0 Å². The second-order valence-electron chi connectivity index (χ2n) is 6.37. The molecule has 0 saturated heterocycles. The van der Waals surface area contributed by atoms with Crippen LogP contribution in [0.3, 0.4) is 0 Å². The Hall–Kier alpha value is -3.74. The molecule has 2 amide bonds. The Balaban J connectivity index is 1.66. The van der Waals surface area contributed by atoms with Crippen LogP contribution in [0.1, 0.15) is 38.9 Å². The van der Waals surface area contributed by atoms with Crippen molar-refractivity contribution in [3.63, 3.8) is 0 Å². The van der Waals surface area contributed by atoms with E-state index in [1.807, 2.05) is 32.0 Å². The van der Waals surface area contributed by atoms with Gasteiger partial charge in [0, 0.05) is 16.6 Å². The Kier molecular flexibility index (Phi) is 6.19. The summed E-state index contributed by atoms with van der Waals surface area (Å²) in [6.07, 6.45) is 0.670. The number of amides is 2. The molecule has 3 aromatic rings. The zero-order valence-electron chi connectivity index (χ0n) is 16.2. The van der Waals surface area contributed by atoms with E-state index < -0.39 is 24.4 Å². The summed E-state index contributed by atoms with van der Waals surface area (Å²) < 4.78 is 5.19. The number of esters is 1. The van der Waals surface area contributed by atoms with E-state index in [9.17, 15) is 14.4 Å². The van der Waals surface area contributed by atoms with Gasteiger partial charge in [0.1, 0.15) is 0 Å². The van der Waals surface area contributed by atoms with Gasteiger partial charge in [-0.25, -0.2) is 4.79 Å². The summed E-state index contributed by atoms with van der Waals surface area (Å²) in [7, 11) is 0. The molecule has 0 saturated carbocycles. The first-order valence-corrected chi connectivity index (χ1v) is 9.20. The quantitative estimate of drug-likeness (QED) is 0.515. The number of ether oxygens (including phenoxy) is 1. The number of aryl methyl sites for hydroxylation is 1. The number of hydrazine groups is 1. The van der Waals surface area contributed by atoms with E-state index in [1.54, 1.807) is 36.4 Å². The topological polar surface area (TPSA) is 97.4 Å². The molecule has 2 N–H and O–H groups in total. The number of carbonyl (C=O) groups is 3. The number of hydrogen-bond donors (Lipinski definition) is 2. The fraction of sp³-hybridized carbons (Fsp3) is 0.182. The molecule has 29 heavy (non-hydrogen) atoms. The largest absolute Gasteiger partial charge is 0.452 e. The highest BCUT2D eigenvalue weighted by atomic mass is 16.5. The van der Waals surface area contributed by atoms with Gasteiger partial charge in [0.25, 0.3) is 11.8 Å². The van der Waals surface area contributed by atoms with Gasteiger partial charge in [0.05, 0.1) is 11.1 Å². The Morgan fingerprint density at radius 3 is 2.38 bits per heavy atom. The third-order valence-electron chi connectivity index (χ3n) is 4.46. The predicted molar refractivity (Wildman–Crippen MR) is 108 cm³/mol. The Morgan fingerprint density at radius 2 is 1.66 bits per heavy atom. The van der Waals surface area contributed by atoms with E-state index in [2.05, 4.69) is 15.8 Å². The number of para-hydroxylation sites is 1. The number of hydrogen-bond acceptors (Lipinski definition) is 5. The van der Waals surface area contributed by atoms with Crippen LogP contribution in [-0.2, 0) is 16.0 Å². The van der Waals surface area contributed by atoms with Crippen LogP contribution in [0.2, 0.25) is 0 Å². The third-order valence-corrected chi connectivity index (χ3v) is 4.46. The molecule has 1 aromatic heterocycles. The Morgan fingerprint density at radius 1 is 0.966 bits per heavy atom. The Labute approximate surface area is 168 Å². The number of rotatable bonds is 5. The molecule has 0 fully saturated rings. The molecular weight excluding hydrogens is 370 g/mol. The lowest BCUT2D eigenvalue weighted by Gasteiger charge is -2.13. The van der Waals surface area contributed by atoms with Gasteiger partial charge in [-0.2, -0.15) is 0 Å². The average Bonchev–Trinajstić information content (AvgIpc) is 2.75. The maximum Gasteiger partial charge on any atom is 0.339 e. The standard InChI is InChI=1S/C22H21N3O4/c1-3-17-14(2)20(16-11-7-8-12-18(16)23-17)22(28)29-13-19(26)24-25-21(27)15-9-5-4-6-10-15/h4-12H,3,13H2,1-2H3,(H,24,26)(H,25,27). The highest BCUT2D eigenvalue weighted by molar-refractivity contribution is 6.05. The number of pyridine rings is 1. The van der Waals surface area contributed by atoms with Gasteiger partial charge in [0.2, 0.25) is 0 Å². The molecule has 148 valence electrons. The fourth-order valence-electron chi connectivity index (χ4n) is 2.99. The number of nitrogens with zero attached hydrogens (tertiary/aromatic N) is 1. The van der Waals surface area contributed by atoms with Crippen LogP contribution >= 0.6 is 0 Å². The molecule has 0 aliphatic carbocycles. The van der Waals surface area contributed by atoms with Crippen LogP contribution in [0.25, 0.3) is 10.9 Å². The highest BCUT2D eigenvalue weighted by Gasteiger charge is 2.19. The van der Waals surface area contributed by atoms with Gasteiger partial charge in [0.15, 0.2) is 6.61 Å². The van der Waals surface area contributed by atoms with Crippen molar-refractivity contribution in [2.45, 2.75) is 20.3 Å². The summed E-state index contributed by atoms with van der Waals surface area (Å²) in [4.78, 5) is 41.2. The maximum absolute atomic E-state index is 12.7. The van der Waals surface area contributed by atoms with Crippen molar-refractivity contribution in [2.24, 2.45) is 0 Å². The van der Waals surface area contributed by atoms with Crippen molar-refractivity contribution in [1.29, 1.82) is 0 Å². The summed E-state index contributed by atoms with van der Waals surface area (Å²) in [6, 6.07) is 15.7. The first-order chi connectivity index (χ1) is 14.0. The SMILES string of the molecule is CCc1nc2ccccc2c(C(=O)OCC(=O)NNC(=O)c2ccccc2)c1C. The lowest BCUT2D eigenvalue weighted by Crippen LogP contribution is -2.43. The van der Waals surface area contributed by atoms with Crippen LogP contribution < -0.4 is 10.9 Å². The number of aromatic nitrogens is 1. The lowest BCUT2D eigenvalue weighted by molar-refractivity contribution is -0.125. The summed E-state index contributed by atoms with van der Waals surface area (Å²) in [5.41, 5.74) is 7.54. The maximum atomic E-state index is 12.7. The van der Waals surface area contributed by atoms with Crippen molar-refractivity contribution >= 4 is 28.7 Å². The van der Waals surface area contributed by atoms with E-state index in [1.165, 1.54) is 0 Å². The van der Waals surface area contributed by atoms with E-state index in [0.29, 0.717) is 28.5 Å². The molecule has 0 atom stereocenters. The van der Waals surface area contributed by atoms with Gasteiger partial charge in [-0.1, -0.05) is 43.3 Å². The molecule has 0 spiro atoms. The molecule has 1 heterocycles. The minimum absolute atomic E-state index is 0.397. The highest BCUT2D eigenvalue weighted by Crippen LogP contribution is 2.24. The number of nitrogens with one attached hydrogen (secondary N) is 2. The van der Waals surface area contributed by atoms with Crippen molar-refractivity contribution in [3.05, 3.63) is 77.0 Å².